The highest BCUT2D eigenvalue weighted by molar-refractivity contribution is 5.96. The summed E-state index contributed by atoms with van der Waals surface area (Å²) in [4.78, 5) is 25.2. The summed E-state index contributed by atoms with van der Waals surface area (Å²) < 4.78 is 5.37. The van der Waals surface area contributed by atoms with Crippen LogP contribution in [0, 0.1) is 13.8 Å². The van der Waals surface area contributed by atoms with E-state index in [4.69, 9.17) is 10.5 Å². The van der Waals surface area contributed by atoms with Gasteiger partial charge in [0.1, 0.15) is 5.75 Å². The maximum Gasteiger partial charge on any atom is 0.316 e. The highest BCUT2D eigenvalue weighted by atomic mass is 16.5. The third-order valence-electron chi connectivity index (χ3n) is 3.87. The van der Waals surface area contributed by atoms with E-state index in [1.165, 1.54) is 0 Å². The van der Waals surface area contributed by atoms with Crippen LogP contribution >= 0.6 is 0 Å². The number of ether oxygens (including phenoxy) is 1. The molecule has 0 saturated heterocycles. The first kappa shape index (κ1) is 18.3. The third kappa shape index (κ3) is 4.50. The number of nitrogens with zero attached hydrogens (tertiary/aromatic N) is 1. The molecule has 0 radical (unpaired) electrons. The fourth-order valence-electron chi connectivity index (χ4n) is 2.89. The van der Waals surface area contributed by atoms with E-state index in [2.05, 4.69) is 5.32 Å². The lowest BCUT2D eigenvalue weighted by Crippen LogP contribution is -2.26. The van der Waals surface area contributed by atoms with E-state index < -0.39 is 6.03 Å². The van der Waals surface area contributed by atoms with Crippen LogP contribution in [0.3, 0.4) is 0 Å². The van der Waals surface area contributed by atoms with Gasteiger partial charge in [-0.15, -0.1) is 0 Å². The number of benzene rings is 2. The quantitative estimate of drug-likeness (QED) is 0.876. The first-order chi connectivity index (χ1) is 11.8. The lowest BCUT2D eigenvalue weighted by atomic mass is 10.0. The van der Waals surface area contributed by atoms with Gasteiger partial charge in [0, 0.05) is 24.8 Å². The number of carbonyl (C=O) groups excluding carboxylic acids is 2. The summed E-state index contributed by atoms with van der Waals surface area (Å²) in [5, 5.41) is 2.47. The second kappa shape index (κ2) is 7.70. The smallest absolute Gasteiger partial charge is 0.316 e. The standard InChI is InChI=1S/C19H23N3O3/c1-12-8-14(9-13(2)17(12)25-4)11-22(3)18(23)15-6-5-7-16(10-15)21-19(20)24/h5-10H,11H2,1-4H3,(H3,20,21,24). The molecule has 3 N–H and O–H groups in total. The minimum absolute atomic E-state index is 0.140. The summed E-state index contributed by atoms with van der Waals surface area (Å²) in [5.74, 6) is 0.724. The van der Waals surface area contributed by atoms with Crippen LogP contribution in [0.1, 0.15) is 27.0 Å². The molecule has 0 aliphatic carbocycles. The fourth-order valence-corrected chi connectivity index (χ4v) is 2.89. The second-order valence-corrected chi connectivity index (χ2v) is 5.99. The van der Waals surface area contributed by atoms with Gasteiger partial charge >= 0.3 is 6.03 Å². The van der Waals surface area contributed by atoms with E-state index in [0.29, 0.717) is 17.8 Å². The van der Waals surface area contributed by atoms with E-state index >= 15 is 0 Å². The first-order valence-corrected chi connectivity index (χ1v) is 7.88. The molecule has 0 heterocycles. The van der Waals surface area contributed by atoms with Gasteiger partial charge in [-0.1, -0.05) is 18.2 Å². The van der Waals surface area contributed by atoms with Crippen LogP contribution < -0.4 is 15.8 Å². The van der Waals surface area contributed by atoms with Gasteiger partial charge in [-0.25, -0.2) is 4.79 Å². The van der Waals surface area contributed by atoms with Gasteiger partial charge in [0.05, 0.1) is 7.11 Å². The van der Waals surface area contributed by atoms with Gasteiger partial charge in [0.25, 0.3) is 5.91 Å². The number of urea groups is 1. The van der Waals surface area contributed by atoms with E-state index in [1.807, 2.05) is 26.0 Å². The molecule has 0 aliphatic heterocycles. The Morgan fingerprint density at radius 3 is 2.36 bits per heavy atom. The molecule has 0 bridgehead atoms. The average Bonchev–Trinajstić information content (AvgIpc) is 2.53. The second-order valence-electron chi connectivity index (χ2n) is 5.99. The van der Waals surface area contributed by atoms with Crippen molar-refractivity contribution in [2.24, 2.45) is 5.73 Å². The van der Waals surface area contributed by atoms with Crippen LogP contribution in [0.2, 0.25) is 0 Å². The molecule has 2 aromatic rings. The number of rotatable bonds is 5. The van der Waals surface area contributed by atoms with Crippen molar-refractivity contribution in [1.82, 2.24) is 4.90 Å². The van der Waals surface area contributed by atoms with Crippen LogP contribution in [0.4, 0.5) is 10.5 Å². The Bertz CT molecular complexity index is 779. The lowest BCUT2D eigenvalue weighted by molar-refractivity contribution is 0.0785. The fraction of sp³-hybridized carbons (Fsp3) is 0.263. The number of amides is 3. The normalized spacial score (nSPS) is 10.2. The largest absolute Gasteiger partial charge is 0.496 e. The lowest BCUT2D eigenvalue weighted by Gasteiger charge is -2.19. The van der Waals surface area contributed by atoms with Gasteiger partial charge in [-0.3, -0.25) is 4.79 Å². The Morgan fingerprint density at radius 1 is 1.16 bits per heavy atom. The molecule has 6 heteroatoms. The maximum atomic E-state index is 12.6. The van der Waals surface area contributed by atoms with E-state index in [9.17, 15) is 9.59 Å². The molecule has 0 aliphatic rings. The van der Waals surface area contributed by atoms with Crippen LogP contribution in [0.5, 0.6) is 5.75 Å². The van der Waals surface area contributed by atoms with Crippen LogP contribution in [0.15, 0.2) is 36.4 Å². The summed E-state index contributed by atoms with van der Waals surface area (Å²) in [5.41, 5.74) is 9.17. The van der Waals surface area contributed by atoms with E-state index in [0.717, 1.165) is 22.4 Å². The molecule has 132 valence electrons. The number of aryl methyl sites for hydroxylation is 2. The van der Waals surface area contributed by atoms with Crippen molar-refractivity contribution in [3.63, 3.8) is 0 Å². The molecule has 0 saturated carbocycles. The number of nitrogens with one attached hydrogen (secondary N) is 1. The summed E-state index contributed by atoms with van der Waals surface area (Å²) in [6.07, 6.45) is 0. The molecule has 3 amide bonds. The zero-order valence-electron chi connectivity index (χ0n) is 14.9. The number of anilines is 1. The average molecular weight is 341 g/mol. The number of hydrogen-bond donors (Lipinski definition) is 2. The number of methoxy groups -OCH3 is 1. The highest BCUT2D eigenvalue weighted by Crippen LogP contribution is 2.25. The minimum atomic E-state index is -0.665. The van der Waals surface area contributed by atoms with Crippen LogP contribution in [-0.2, 0) is 6.54 Å². The van der Waals surface area contributed by atoms with Crippen molar-refractivity contribution in [2.75, 3.05) is 19.5 Å². The number of hydrogen-bond acceptors (Lipinski definition) is 3. The molecule has 0 spiro atoms. The van der Waals surface area contributed by atoms with E-state index in [1.54, 1.807) is 43.3 Å². The zero-order valence-corrected chi connectivity index (χ0v) is 14.9. The maximum absolute atomic E-state index is 12.6. The Hall–Kier alpha value is -3.02. The topological polar surface area (TPSA) is 84.7 Å². The molecule has 6 nitrogen and oxygen atoms in total. The Morgan fingerprint density at radius 2 is 1.80 bits per heavy atom. The van der Waals surface area contributed by atoms with Crippen molar-refractivity contribution >= 4 is 17.6 Å². The minimum Gasteiger partial charge on any atom is -0.496 e. The highest BCUT2D eigenvalue weighted by Gasteiger charge is 2.14. The van der Waals surface area contributed by atoms with Crippen molar-refractivity contribution in [1.29, 1.82) is 0 Å². The number of carbonyl (C=O) groups is 2. The Balaban J connectivity index is 2.17. The molecular formula is C19H23N3O3. The molecule has 25 heavy (non-hydrogen) atoms. The Labute approximate surface area is 147 Å². The molecule has 0 fully saturated rings. The summed E-state index contributed by atoms with van der Waals surface area (Å²) in [6.45, 7) is 4.43. The third-order valence-corrected chi connectivity index (χ3v) is 3.87. The molecule has 0 unspecified atom stereocenters. The predicted molar refractivity (Wildman–Crippen MR) is 97.9 cm³/mol. The van der Waals surface area contributed by atoms with Crippen molar-refractivity contribution in [3.05, 3.63) is 58.7 Å². The summed E-state index contributed by atoms with van der Waals surface area (Å²) in [7, 11) is 3.39. The molecule has 0 atom stereocenters. The molecule has 2 aromatic carbocycles. The van der Waals surface area contributed by atoms with Crippen molar-refractivity contribution in [3.8, 4) is 5.75 Å². The van der Waals surface area contributed by atoms with Gasteiger partial charge in [0.2, 0.25) is 0 Å². The number of primary amides is 1. The zero-order chi connectivity index (χ0) is 18.6. The molecule has 0 aromatic heterocycles. The van der Waals surface area contributed by atoms with Gasteiger partial charge in [0.15, 0.2) is 0 Å². The van der Waals surface area contributed by atoms with Crippen molar-refractivity contribution in [2.45, 2.75) is 20.4 Å². The summed E-state index contributed by atoms with van der Waals surface area (Å²) >= 11 is 0. The number of nitrogens with two attached hydrogens (primary N) is 1. The first-order valence-electron chi connectivity index (χ1n) is 7.88. The monoisotopic (exact) mass is 341 g/mol. The van der Waals surface area contributed by atoms with Crippen molar-refractivity contribution < 1.29 is 14.3 Å². The van der Waals surface area contributed by atoms with Crippen LogP contribution in [0.25, 0.3) is 0 Å². The molecular weight excluding hydrogens is 318 g/mol. The Kier molecular flexibility index (Phi) is 5.64. The van der Waals surface area contributed by atoms with Gasteiger partial charge in [-0.05, 0) is 48.7 Å². The predicted octanol–water partition coefficient (Wildman–Crippen LogP) is 3.07. The molecule has 2 rings (SSSR count). The summed E-state index contributed by atoms with van der Waals surface area (Å²) in [6, 6.07) is 10.1. The SMILES string of the molecule is COc1c(C)cc(CN(C)C(=O)c2cccc(NC(N)=O)c2)cc1C. The van der Waals surface area contributed by atoms with Crippen LogP contribution in [-0.4, -0.2) is 31.0 Å². The van der Waals surface area contributed by atoms with Gasteiger partial charge < -0.3 is 20.7 Å². The van der Waals surface area contributed by atoms with Gasteiger partial charge in [-0.2, -0.15) is 0 Å². The van der Waals surface area contributed by atoms with E-state index in [-0.39, 0.29) is 5.91 Å².